The third-order valence-electron chi connectivity index (χ3n) is 4.57. The monoisotopic (exact) mass is 302 g/mol. The Labute approximate surface area is 130 Å². The first-order valence-corrected chi connectivity index (χ1v) is 7.86. The van der Waals surface area contributed by atoms with Gasteiger partial charge in [-0.15, -0.1) is 0 Å². The van der Waals surface area contributed by atoms with Gasteiger partial charge >= 0.3 is 0 Å². The van der Waals surface area contributed by atoms with E-state index in [4.69, 9.17) is 0 Å². The van der Waals surface area contributed by atoms with E-state index in [1.165, 1.54) is 0 Å². The van der Waals surface area contributed by atoms with Crippen LogP contribution in [0.5, 0.6) is 0 Å². The Kier molecular flexibility index (Phi) is 3.91. The Bertz CT molecular complexity index is 576. The number of hydrogen-bond donors (Lipinski definition) is 3. The molecule has 118 valence electrons. The number of hydrogen-bond acceptors (Lipinski definition) is 3. The van der Waals surface area contributed by atoms with Gasteiger partial charge in [0.1, 0.15) is 0 Å². The molecule has 0 aromatic heterocycles. The molecular formula is C17H22N2O3. The zero-order valence-corrected chi connectivity index (χ0v) is 12.8. The zero-order valence-electron chi connectivity index (χ0n) is 12.8. The quantitative estimate of drug-likeness (QED) is 0.751. The number of nitrogens with one attached hydrogen (secondary N) is 2. The average Bonchev–Trinajstić information content (AvgIpc) is 3.40. The van der Waals surface area contributed by atoms with Gasteiger partial charge in [-0.25, -0.2) is 0 Å². The molecule has 5 nitrogen and oxygen atoms in total. The van der Waals surface area contributed by atoms with Gasteiger partial charge in [-0.05, 0) is 62.8 Å². The summed E-state index contributed by atoms with van der Waals surface area (Å²) in [6.45, 7) is 1.83. The third kappa shape index (κ3) is 3.30. The lowest BCUT2D eigenvalue weighted by Gasteiger charge is -2.28. The molecule has 0 aliphatic heterocycles. The summed E-state index contributed by atoms with van der Waals surface area (Å²) in [7, 11) is 0. The van der Waals surface area contributed by atoms with Gasteiger partial charge in [-0.1, -0.05) is 0 Å². The summed E-state index contributed by atoms with van der Waals surface area (Å²) in [6, 6.07) is 6.87. The molecule has 3 N–H and O–H groups in total. The van der Waals surface area contributed by atoms with Crippen LogP contribution in [0, 0.1) is 11.8 Å². The smallest absolute Gasteiger partial charge is 0.251 e. The van der Waals surface area contributed by atoms with Crippen molar-refractivity contribution in [3.63, 3.8) is 0 Å². The highest BCUT2D eigenvalue weighted by atomic mass is 16.3. The number of aliphatic hydroxyl groups excluding tert-OH is 1. The first-order valence-electron chi connectivity index (χ1n) is 7.86. The van der Waals surface area contributed by atoms with E-state index < -0.39 is 5.54 Å². The highest BCUT2D eigenvalue weighted by Crippen LogP contribution is 2.39. The molecule has 2 amide bonds. The second-order valence-corrected chi connectivity index (χ2v) is 6.64. The van der Waals surface area contributed by atoms with Crippen molar-refractivity contribution >= 4 is 17.5 Å². The van der Waals surface area contributed by atoms with Crippen LogP contribution in [0.2, 0.25) is 0 Å². The topological polar surface area (TPSA) is 78.4 Å². The SMILES string of the molecule is CC(CO)(NC(=O)c1ccc(NC(=O)C2CC2)cc1)C1CC1. The third-order valence-corrected chi connectivity index (χ3v) is 4.57. The van der Waals surface area contributed by atoms with E-state index in [1.807, 2.05) is 6.92 Å². The Hall–Kier alpha value is -1.88. The number of carbonyl (C=O) groups is 2. The van der Waals surface area contributed by atoms with Crippen molar-refractivity contribution in [3.8, 4) is 0 Å². The molecule has 1 aromatic rings. The molecule has 0 bridgehead atoms. The Balaban J connectivity index is 1.61. The normalized spacial score (nSPS) is 20.1. The summed E-state index contributed by atoms with van der Waals surface area (Å²) in [5, 5.41) is 15.3. The molecule has 2 fully saturated rings. The zero-order chi connectivity index (χ0) is 15.7. The molecule has 3 rings (SSSR count). The minimum atomic E-state index is -0.546. The summed E-state index contributed by atoms with van der Waals surface area (Å²) in [4.78, 5) is 24.0. The van der Waals surface area contributed by atoms with Gasteiger partial charge in [-0.2, -0.15) is 0 Å². The molecule has 22 heavy (non-hydrogen) atoms. The number of amides is 2. The van der Waals surface area contributed by atoms with Crippen LogP contribution in [0.4, 0.5) is 5.69 Å². The summed E-state index contributed by atoms with van der Waals surface area (Å²) < 4.78 is 0. The first kappa shape index (κ1) is 15.0. The van der Waals surface area contributed by atoms with Crippen molar-refractivity contribution < 1.29 is 14.7 Å². The molecule has 2 saturated carbocycles. The molecule has 2 aliphatic rings. The van der Waals surface area contributed by atoms with Gasteiger partial charge < -0.3 is 15.7 Å². The van der Waals surface area contributed by atoms with Gasteiger partial charge in [0.25, 0.3) is 5.91 Å². The minimum absolute atomic E-state index is 0.0544. The minimum Gasteiger partial charge on any atom is -0.394 e. The van der Waals surface area contributed by atoms with Crippen LogP contribution in [-0.4, -0.2) is 29.1 Å². The van der Waals surface area contributed by atoms with Crippen molar-refractivity contribution in [1.82, 2.24) is 5.32 Å². The second-order valence-electron chi connectivity index (χ2n) is 6.64. The van der Waals surface area contributed by atoms with Crippen LogP contribution in [0.3, 0.4) is 0 Å². The molecule has 1 atom stereocenters. The largest absolute Gasteiger partial charge is 0.394 e. The first-order chi connectivity index (χ1) is 10.5. The molecule has 5 heteroatoms. The lowest BCUT2D eigenvalue weighted by atomic mass is 9.96. The number of benzene rings is 1. The summed E-state index contributed by atoms with van der Waals surface area (Å²) >= 11 is 0. The summed E-state index contributed by atoms with van der Waals surface area (Å²) in [5.74, 6) is 0.382. The van der Waals surface area contributed by atoms with E-state index in [1.54, 1.807) is 24.3 Å². The van der Waals surface area contributed by atoms with E-state index in [0.29, 0.717) is 17.2 Å². The number of aliphatic hydroxyl groups is 1. The van der Waals surface area contributed by atoms with Crippen LogP contribution in [-0.2, 0) is 4.79 Å². The van der Waals surface area contributed by atoms with Crippen LogP contribution in [0.1, 0.15) is 43.0 Å². The van der Waals surface area contributed by atoms with Gasteiger partial charge in [0.2, 0.25) is 5.91 Å². The van der Waals surface area contributed by atoms with E-state index >= 15 is 0 Å². The van der Waals surface area contributed by atoms with Crippen molar-refractivity contribution in [2.24, 2.45) is 11.8 Å². The van der Waals surface area contributed by atoms with Crippen molar-refractivity contribution in [3.05, 3.63) is 29.8 Å². The maximum atomic E-state index is 12.3. The lowest BCUT2D eigenvalue weighted by molar-refractivity contribution is -0.117. The molecule has 0 radical (unpaired) electrons. The van der Waals surface area contributed by atoms with Gasteiger partial charge in [-0.3, -0.25) is 9.59 Å². The van der Waals surface area contributed by atoms with E-state index in [-0.39, 0.29) is 24.3 Å². The Morgan fingerprint density at radius 3 is 2.32 bits per heavy atom. The summed E-state index contributed by atoms with van der Waals surface area (Å²) in [6.07, 6.45) is 4.02. The standard InChI is InChI=1S/C17H22N2O3/c1-17(10-20,13-6-7-13)19-16(22)12-4-8-14(9-5-12)18-15(21)11-2-3-11/h4-5,8-9,11,13,20H,2-3,6-7,10H2,1H3,(H,18,21)(H,19,22). The van der Waals surface area contributed by atoms with Crippen LogP contribution >= 0.6 is 0 Å². The summed E-state index contributed by atoms with van der Waals surface area (Å²) in [5.41, 5.74) is 0.695. The van der Waals surface area contributed by atoms with E-state index in [2.05, 4.69) is 10.6 Å². The van der Waals surface area contributed by atoms with Crippen molar-refractivity contribution in [2.45, 2.75) is 38.1 Å². The molecule has 1 unspecified atom stereocenters. The Morgan fingerprint density at radius 1 is 1.18 bits per heavy atom. The highest BCUT2D eigenvalue weighted by Gasteiger charge is 2.42. The fraction of sp³-hybridized carbons (Fsp3) is 0.529. The van der Waals surface area contributed by atoms with Crippen molar-refractivity contribution in [1.29, 1.82) is 0 Å². The molecule has 0 spiro atoms. The number of carbonyl (C=O) groups excluding carboxylic acids is 2. The maximum absolute atomic E-state index is 12.3. The molecule has 0 saturated heterocycles. The molecule has 0 heterocycles. The fourth-order valence-corrected chi connectivity index (χ4v) is 2.62. The number of anilines is 1. The molecule has 2 aliphatic carbocycles. The van der Waals surface area contributed by atoms with E-state index in [0.717, 1.165) is 25.7 Å². The van der Waals surface area contributed by atoms with Crippen LogP contribution in [0.15, 0.2) is 24.3 Å². The second kappa shape index (κ2) is 5.72. The fourth-order valence-electron chi connectivity index (χ4n) is 2.62. The van der Waals surface area contributed by atoms with Gasteiger partial charge in [0, 0.05) is 17.2 Å². The average molecular weight is 302 g/mol. The van der Waals surface area contributed by atoms with Gasteiger partial charge in [0.15, 0.2) is 0 Å². The highest BCUT2D eigenvalue weighted by molar-refractivity contribution is 5.97. The predicted molar refractivity (Wildman–Crippen MR) is 83.5 cm³/mol. The van der Waals surface area contributed by atoms with Crippen LogP contribution < -0.4 is 10.6 Å². The predicted octanol–water partition coefficient (Wildman–Crippen LogP) is 1.93. The molecule has 1 aromatic carbocycles. The molecular weight excluding hydrogens is 280 g/mol. The van der Waals surface area contributed by atoms with E-state index in [9.17, 15) is 14.7 Å². The lowest BCUT2D eigenvalue weighted by Crippen LogP contribution is -2.50. The van der Waals surface area contributed by atoms with Crippen molar-refractivity contribution in [2.75, 3.05) is 11.9 Å². The Morgan fingerprint density at radius 2 is 1.82 bits per heavy atom. The van der Waals surface area contributed by atoms with Gasteiger partial charge in [0.05, 0.1) is 12.1 Å². The maximum Gasteiger partial charge on any atom is 0.251 e. The number of rotatable bonds is 6. The van der Waals surface area contributed by atoms with Crippen LogP contribution in [0.25, 0.3) is 0 Å².